The summed E-state index contributed by atoms with van der Waals surface area (Å²) in [7, 11) is 1.61. The highest BCUT2D eigenvalue weighted by Gasteiger charge is 2.02. The average molecular weight is 325 g/mol. The van der Waals surface area contributed by atoms with Gasteiger partial charge in [0.1, 0.15) is 12.4 Å². The molecule has 0 aliphatic rings. The Balaban J connectivity index is 2.04. The maximum absolute atomic E-state index is 11.7. The highest BCUT2D eigenvalue weighted by atomic mass is 79.9. The van der Waals surface area contributed by atoms with Crippen LogP contribution in [-0.4, -0.2) is 15.7 Å². The molecule has 5 nitrogen and oxygen atoms in total. The molecular weight excluding hydrogens is 312 g/mol. The summed E-state index contributed by atoms with van der Waals surface area (Å²) in [6, 6.07) is 8.72. The number of aromatic nitrogens is 2. The molecule has 0 fully saturated rings. The number of halogens is 1. The molecule has 0 N–H and O–H groups in total. The van der Waals surface area contributed by atoms with E-state index in [1.165, 1.54) is 16.8 Å². The number of benzene rings is 1. The molecule has 2 rings (SSSR count). The molecule has 2 aromatic rings. The standard InChI is InChI=1S/C13H13BrN2O3/c1-15-7-6-12(17)16(13(15)18)8-9-19-11-4-2-10(14)3-5-11/h2-7H,8-9H2,1H3. The lowest BCUT2D eigenvalue weighted by Crippen LogP contribution is -2.39. The maximum Gasteiger partial charge on any atom is 0.330 e. The molecule has 6 heteroatoms. The Morgan fingerprint density at radius 1 is 1.16 bits per heavy atom. The molecule has 0 saturated carbocycles. The van der Waals surface area contributed by atoms with Crippen molar-refractivity contribution in [3.05, 3.63) is 61.8 Å². The van der Waals surface area contributed by atoms with E-state index in [1.54, 1.807) is 7.05 Å². The van der Waals surface area contributed by atoms with Crippen molar-refractivity contribution in [1.82, 2.24) is 9.13 Å². The molecule has 0 radical (unpaired) electrons. The average Bonchev–Trinajstić information content (AvgIpc) is 2.40. The van der Waals surface area contributed by atoms with Crippen molar-refractivity contribution >= 4 is 15.9 Å². The number of nitrogens with zero attached hydrogens (tertiary/aromatic N) is 2. The Hall–Kier alpha value is -1.82. The van der Waals surface area contributed by atoms with Gasteiger partial charge in [-0.2, -0.15) is 0 Å². The second-order valence-corrected chi connectivity index (χ2v) is 4.92. The first-order valence-corrected chi connectivity index (χ1v) is 6.52. The maximum atomic E-state index is 11.7. The van der Waals surface area contributed by atoms with Gasteiger partial charge in [-0.1, -0.05) is 15.9 Å². The molecular formula is C13H13BrN2O3. The van der Waals surface area contributed by atoms with Crippen LogP contribution in [0.4, 0.5) is 0 Å². The molecule has 1 aromatic carbocycles. The Morgan fingerprint density at radius 2 is 1.84 bits per heavy atom. The Kier molecular flexibility index (Phi) is 4.21. The third kappa shape index (κ3) is 3.35. The van der Waals surface area contributed by atoms with Crippen molar-refractivity contribution in [2.45, 2.75) is 6.54 Å². The quantitative estimate of drug-likeness (QED) is 0.854. The number of hydrogen-bond donors (Lipinski definition) is 0. The summed E-state index contributed by atoms with van der Waals surface area (Å²) < 4.78 is 8.97. The molecule has 1 aromatic heterocycles. The summed E-state index contributed by atoms with van der Waals surface area (Å²) in [6.45, 7) is 0.489. The van der Waals surface area contributed by atoms with Gasteiger partial charge in [-0.25, -0.2) is 4.79 Å². The van der Waals surface area contributed by atoms with E-state index in [-0.39, 0.29) is 24.4 Å². The fraction of sp³-hybridized carbons (Fsp3) is 0.231. The minimum atomic E-state index is -0.341. The van der Waals surface area contributed by atoms with Crippen molar-refractivity contribution < 1.29 is 4.74 Å². The molecule has 0 aliphatic carbocycles. The van der Waals surface area contributed by atoms with Crippen LogP contribution in [0.5, 0.6) is 5.75 Å². The SMILES string of the molecule is Cn1ccc(=O)n(CCOc2ccc(Br)cc2)c1=O. The van der Waals surface area contributed by atoms with Crippen LogP contribution in [0.15, 0.2) is 50.6 Å². The molecule has 19 heavy (non-hydrogen) atoms. The monoisotopic (exact) mass is 324 g/mol. The third-order valence-electron chi connectivity index (χ3n) is 2.64. The normalized spacial score (nSPS) is 10.4. The Labute approximate surface area is 118 Å². The fourth-order valence-electron chi connectivity index (χ4n) is 1.61. The molecule has 0 aliphatic heterocycles. The van der Waals surface area contributed by atoms with Gasteiger partial charge in [-0.05, 0) is 24.3 Å². The zero-order valence-electron chi connectivity index (χ0n) is 10.4. The molecule has 100 valence electrons. The number of ether oxygens (including phenoxy) is 1. The zero-order chi connectivity index (χ0) is 13.8. The van der Waals surface area contributed by atoms with Gasteiger partial charge < -0.3 is 9.30 Å². The van der Waals surface area contributed by atoms with Crippen molar-refractivity contribution in [1.29, 1.82) is 0 Å². The summed E-state index contributed by atoms with van der Waals surface area (Å²) in [4.78, 5) is 23.3. The third-order valence-corrected chi connectivity index (χ3v) is 3.17. The van der Waals surface area contributed by atoms with E-state index in [4.69, 9.17) is 4.74 Å². The summed E-state index contributed by atoms with van der Waals surface area (Å²) in [5, 5.41) is 0. The lowest BCUT2D eigenvalue weighted by molar-refractivity contribution is 0.292. The first-order chi connectivity index (χ1) is 9.08. The van der Waals surface area contributed by atoms with Gasteiger partial charge in [0.05, 0.1) is 6.54 Å². The van der Waals surface area contributed by atoms with E-state index in [1.807, 2.05) is 24.3 Å². The van der Waals surface area contributed by atoms with E-state index >= 15 is 0 Å². The molecule has 0 unspecified atom stereocenters. The molecule has 0 amide bonds. The van der Waals surface area contributed by atoms with Gasteiger partial charge in [-0.3, -0.25) is 9.36 Å². The van der Waals surface area contributed by atoms with Gasteiger partial charge in [0.25, 0.3) is 5.56 Å². The molecule has 0 spiro atoms. The van der Waals surface area contributed by atoms with E-state index < -0.39 is 0 Å². The minimum Gasteiger partial charge on any atom is -0.492 e. The van der Waals surface area contributed by atoms with Crippen LogP contribution in [0.2, 0.25) is 0 Å². The second kappa shape index (κ2) is 5.88. The van der Waals surface area contributed by atoms with Crippen molar-refractivity contribution in [2.24, 2.45) is 7.05 Å². The topological polar surface area (TPSA) is 53.2 Å². The number of aryl methyl sites for hydroxylation is 1. The van der Waals surface area contributed by atoms with Crippen LogP contribution in [0.3, 0.4) is 0 Å². The van der Waals surface area contributed by atoms with Crippen LogP contribution in [-0.2, 0) is 13.6 Å². The molecule has 0 bridgehead atoms. The Bertz CT molecular complexity index is 674. The van der Waals surface area contributed by atoms with Crippen molar-refractivity contribution in [3.8, 4) is 5.75 Å². The second-order valence-electron chi connectivity index (χ2n) is 4.00. The van der Waals surface area contributed by atoms with Crippen LogP contribution in [0, 0.1) is 0 Å². The number of hydrogen-bond acceptors (Lipinski definition) is 3. The van der Waals surface area contributed by atoms with Gasteiger partial charge in [-0.15, -0.1) is 0 Å². The van der Waals surface area contributed by atoms with E-state index in [2.05, 4.69) is 15.9 Å². The van der Waals surface area contributed by atoms with Crippen molar-refractivity contribution in [3.63, 3.8) is 0 Å². The smallest absolute Gasteiger partial charge is 0.330 e. The summed E-state index contributed by atoms with van der Waals surface area (Å²) in [5.74, 6) is 0.698. The molecule has 0 atom stereocenters. The lowest BCUT2D eigenvalue weighted by atomic mass is 10.3. The van der Waals surface area contributed by atoms with Crippen molar-refractivity contribution in [2.75, 3.05) is 6.61 Å². The number of rotatable bonds is 4. The highest BCUT2D eigenvalue weighted by Crippen LogP contribution is 2.15. The summed E-state index contributed by atoms with van der Waals surface area (Å²) in [6.07, 6.45) is 1.46. The lowest BCUT2D eigenvalue weighted by Gasteiger charge is -2.08. The molecule has 1 heterocycles. The van der Waals surface area contributed by atoms with E-state index in [0.717, 1.165) is 9.04 Å². The predicted octanol–water partition coefficient (Wildman–Crippen LogP) is 1.39. The summed E-state index contributed by atoms with van der Waals surface area (Å²) >= 11 is 3.33. The van der Waals surface area contributed by atoms with Crippen LogP contribution in [0.25, 0.3) is 0 Å². The van der Waals surface area contributed by atoms with Crippen LogP contribution >= 0.6 is 15.9 Å². The minimum absolute atomic E-state index is 0.225. The van der Waals surface area contributed by atoms with E-state index in [9.17, 15) is 9.59 Å². The van der Waals surface area contributed by atoms with Gasteiger partial charge >= 0.3 is 5.69 Å². The first-order valence-electron chi connectivity index (χ1n) is 5.73. The first kappa shape index (κ1) is 13.6. The highest BCUT2D eigenvalue weighted by molar-refractivity contribution is 9.10. The predicted molar refractivity (Wildman–Crippen MR) is 75.6 cm³/mol. The van der Waals surface area contributed by atoms with Crippen LogP contribution in [0.1, 0.15) is 0 Å². The van der Waals surface area contributed by atoms with E-state index in [0.29, 0.717) is 5.75 Å². The zero-order valence-corrected chi connectivity index (χ0v) is 12.0. The Morgan fingerprint density at radius 3 is 2.53 bits per heavy atom. The summed E-state index contributed by atoms with van der Waals surface area (Å²) in [5.41, 5.74) is -0.658. The van der Waals surface area contributed by atoms with Crippen LogP contribution < -0.4 is 16.0 Å². The van der Waals surface area contributed by atoms with Gasteiger partial charge in [0, 0.05) is 23.8 Å². The largest absolute Gasteiger partial charge is 0.492 e. The fourth-order valence-corrected chi connectivity index (χ4v) is 1.87. The molecule has 0 saturated heterocycles. The van der Waals surface area contributed by atoms with Gasteiger partial charge in [0.15, 0.2) is 0 Å². The van der Waals surface area contributed by atoms with Gasteiger partial charge in [0.2, 0.25) is 0 Å².